The number of benzene rings is 1. The number of piperidine rings is 1. The highest BCUT2D eigenvalue weighted by Gasteiger charge is 2.54. The predicted molar refractivity (Wildman–Crippen MR) is 114 cm³/mol. The molecule has 2 aromatic heterocycles. The average Bonchev–Trinajstić information content (AvgIpc) is 3.45. The number of fused-ring (bicyclic) bond motifs is 1. The van der Waals surface area contributed by atoms with E-state index in [0.717, 1.165) is 31.7 Å². The number of amides is 1. The van der Waals surface area contributed by atoms with Gasteiger partial charge in [0.05, 0.1) is 5.41 Å². The summed E-state index contributed by atoms with van der Waals surface area (Å²) in [6.07, 6.45) is 0.808. The number of carbonyl (C=O) groups is 1. The lowest BCUT2D eigenvalue weighted by molar-refractivity contribution is 0.0561. The van der Waals surface area contributed by atoms with Crippen LogP contribution >= 0.6 is 0 Å². The second-order valence-corrected chi connectivity index (χ2v) is 8.93. The third-order valence-electron chi connectivity index (χ3n) is 6.86. The van der Waals surface area contributed by atoms with Gasteiger partial charge in [-0.2, -0.15) is 5.10 Å². The topological polar surface area (TPSA) is 80.3 Å². The largest absolute Gasteiger partial charge is 0.425 e. The molecule has 2 aliphatic heterocycles. The van der Waals surface area contributed by atoms with Crippen LogP contribution in [0.2, 0.25) is 0 Å². The summed E-state index contributed by atoms with van der Waals surface area (Å²) in [6.45, 7) is 7.74. The van der Waals surface area contributed by atoms with Gasteiger partial charge in [-0.15, -0.1) is 10.2 Å². The van der Waals surface area contributed by atoms with E-state index in [4.69, 9.17) is 4.42 Å². The van der Waals surface area contributed by atoms with Gasteiger partial charge in [0.1, 0.15) is 0 Å². The zero-order chi connectivity index (χ0) is 21.6. The number of nitrogens with zero attached hydrogens (tertiary/aromatic N) is 6. The summed E-state index contributed by atoms with van der Waals surface area (Å²) in [5.74, 6) is 1.54. The first kappa shape index (κ1) is 19.9. The zero-order valence-corrected chi connectivity index (χ0v) is 18.3. The van der Waals surface area contributed by atoms with E-state index in [1.54, 1.807) is 4.68 Å². The summed E-state index contributed by atoms with van der Waals surface area (Å²) < 4.78 is 7.71. The van der Waals surface area contributed by atoms with Gasteiger partial charge >= 0.3 is 0 Å². The number of aromatic nitrogens is 4. The lowest BCUT2D eigenvalue weighted by Gasteiger charge is -2.41. The molecule has 8 nitrogen and oxygen atoms in total. The van der Waals surface area contributed by atoms with Crippen LogP contribution in [0, 0.1) is 19.8 Å². The highest BCUT2D eigenvalue weighted by Crippen LogP contribution is 2.45. The summed E-state index contributed by atoms with van der Waals surface area (Å²) in [4.78, 5) is 17.6. The fraction of sp³-hybridized carbons (Fsp3) is 0.478. The summed E-state index contributed by atoms with van der Waals surface area (Å²) in [6, 6.07) is 12.4. The van der Waals surface area contributed by atoms with Crippen LogP contribution < -0.4 is 0 Å². The Morgan fingerprint density at radius 2 is 2.00 bits per heavy atom. The minimum absolute atomic E-state index is 0.000481. The van der Waals surface area contributed by atoms with Crippen molar-refractivity contribution in [2.75, 3.05) is 26.2 Å². The number of hydrogen-bond donors (Lipinski definition) is 0. The first-order valence-electron chi connectivity index (χ1n) is 10.8. The van der Waals surface area contributed by atoms with Gasteiger partial charge in [-0.1, -0.05) is 30.3 Å². The monoisotopic (exact) mass is 420 g/mol. The highest BCUT2D eigenvalue weighted by molar-refractivity contribution is 5.92. The molecule has 162 valence electrons. The van der Waals surface area contributed by atoms with E-state index in [0.29, 0.717) is 30.6 Å². The average molecular weight is 421 g/mol. The fourth-order valence-corrected chi connectivity index (χ4v) is 5.11. The number of hydrogen-bond acceptors (Lipinski definition) is 6. The second kappa shape index (κ2) is 7.60. The Hall–Kier alpha value is -3.00. The molecule has 2 fully saturated rings. The molecule has 0 radical (unpaired) electrons. The third kappa shape index (κ3) is 3.54. The molecule has 4 heterocycles. The van der Waals surface area contributed by atoms with E-state index in [-0.39, 0.29) is 17.2 Å². The minimum Gasteiger partial charge on any atom is -0.425 e. The molecule has 0 bridgehead atoms. The summed E-state index contributed by atoms with van der Waals surface area (Å²) in [5.41, 5.74) is 2.56. The standard InChI is InChI=1S/C23H28N6O2/c1-16-11-20(26-27(16)3)21(30)29-10-9-23(22-25-24-17(2)31-22)15-28(13-19(23)14-29)12-18-7-5-4-6-8-18/h4-8,11,19H,9-10,12-15H2,1-3H3/t19-,23+/m1/s1. The zero-order valence-electron chi connectivity index (χ0n) is 18.3. The molecule has 3 aromatic rings. The molecule has 0 aliphatic carbocycles. The molecule has 0 saturated carbocycles. The number of likely N-dealkylation sites (tertiary alicyclic amines) is 2. The number of carbonyl (C=O) groups excluding carboxylic acids is 1. The quantitative estimate of drug-likeness (QED) is 0.645. The molecule has 5 rings (SSSR count). The van der Waals surface area contributed by atoms with E-state index in [1.807, 2.05) is 37.9 Å². The van der Waals surface area contributed by atoms with E-state index in [1.165, 1.54) is 5.56 Å². The molecule has 2 aliphatic rings. The lowest BCUT2D eigenvalue weighted by Crippen LogP contribution is -2.51. The molecule has 31 heavy (non-hydrogen) atoms. The maximum Gasteiger partial charge on any atom is 0.274 e. The lowest BCUT2D eigenvalue weighted by atomic mass is 9.72. The van der Waals surface area contributed by atoms with Crippen molar-refractivity contribution in [1.29, 1.82) is 0 Å². The molecular formula is C23H28N6O2. The summed E-state index contributed by atoms with van der Waals surface area (Å²) >= 11 is 0. The molecule has 2 atom stereocenters. The first-order valence-corrected chi connectivity index (χ1v) is 10.8. The van der Waals surface area contributed by atoms with Gasteiger partial charge in [0.15, 0.2) is 5.69 Å². The van der Waals surface area contributed by atoms with Gasteiger partial charge in [0.2, 0.25) is 11.8 Å². The summed E-state index contributed by atoms with van der Waals surface area (Å²) in [5, 5.41) is 12.9. The van der Waals surface area contributed by atoms with Gasteiger partial charge < -0.3 is 9.32 Å². The van der Waals surface area contributed by atoms with Crippen molar-refractivity contribution in [3.05, 3.63) is 65.1 Å². The Balaban J connectivity index is 1.40. The van der Waals surface area contributed by atoms with E-state index < -0.39 is 0 Å². The molecule has 2 saturated heterocycles. The Labute approximate surface area is 181 Å². The summed E-state index contributed by atoms with van der Waals surface area (Å²) in [7, 11) is 1.86. The Morgan fingerprint density at radius 3 is 2.68 bits per heavy atom. The van der Waals surface area contributed by atoms with Crippen molar-refractivity contribution in [2.45, 2.75) is 32.2 Å². The van der Waals surface area contributed by atoms with Crippen molar-refractivity contribution in [2.24, 2.45) is 13.0 Å². The van der Waals surface area contributed by atoms with Crippen LogP contribution in [0.3, 0.4) is 0 Å². The van der Waals surface area contributed by atoms with Crippen LogP contribution in [-0.4, -0.2) is 61.9 Å². The molecule has 8 heteroatoms. The molecule has 0 N–H and O–H groups in total. The maximum atomic E-state index is 13.2. The maximum absolute atomic E-state index is 13.2. The molecule has 0 spiro atoms. The number of aryl methyl sites for hydroxylation is 3. The highest BCUT2D eigenvalue weighted by atomic mass is 16.4. The van der Waals surface area contributed by atoms with Crippen molar-refractivity contribution in [3.8, 4) is 0 Å². The van der Waals surface area contributed by atoms with Crippen LogP contribution in [0.15, 0.2) is 40.8 Å². The number of rotatable bonds is 4. The van der Waals surface area contributed by atoms with Crippen LogP contribution in [-0.2, 0) is 19.0 Å². The van der Waals surface area contributed by atoms with Gasteiger partial charge in [0.25, 0.3) is 5.91 Å². The Kier molecular flexibility index (Phi) is 4.89. The molecule has 1 amide bonds. The van der Waals surface area contributed by atoms with Crippen LogP contribution in [0.1, 0.15) is 39.9 Å². The second-order valence-electron chi connectivity index (χ2n) is 8.93. The Morgan fingerprint density at radius 1 is 1.19 bits per heavy atom. The van der Waals surface area contributed by atoms with Crippen molar-refractivity contribution in [1.82, 2.24) is 29.8 Å². The van der Waals surface area contributed by atoms with Gasteiger partial charge in [-0.25, -0.2) is 0 Å². The predicted octanol–water partition coefficient (Wildman–Crippen LogP) is 2.34. The van der Waals surface area contributed by atoms with E-state index in [9.17, 15) is 4.79 Å². The van der Waals surface area contributed by atoms with Gasteiger partial charge in [0, 0.05) is 58.3 Å². The molecule has 1 aromatic carbocycles. The smallest absolute Gasteiger partial charge is 0.274 e. The molecular weight excluding hydrogens is 392 g/mol. The molecule has 0 unspecified atom stereocenters. The SMILES string of the molecule is Cc1nnc([C@]23CCN(C(=O)c4cc(C)n(C)n4)C[C@H]2CN(Cc2ccccc2)C3)o1. The fourth-order valence-electron chi connectivity index (χ4n) is 5.11. The normalized spacial score (nSPS) is 23.8. The van der Waals surface area contributed by atoms with Crippen LogP contribution in [0.5, 0.6) is 0 Å². The van der Waals surface area contributed by atoms with E-state index in [2.05, 4.69) is 44.5 Å². The first-order chi connectivity index (χ1) is 14.9. The van der Waals surface area contributed by atoms with Crippen molar-refractivity contribution < 1.29 is 9.21 Å². The Bertz CT molecular complexity index is 1070. The van der Waals surface area contributed by atoms with Crippen molar-refractivity contribution >= 4 is 5.91 Å². The van der Waals surface area contributed by atoms with E-state index >= 15 is 0 Å². The van der Waals surface area contributed by atoms with Crippen molar-refractivity contribution in [3.63, 3.8) is 0 Å². The van der Waals surface area contributed by atoms with Gasteiger partial charge in [-0.05, 0) is 25.0 Å². The van der Waals surface area contributed by atoms with Crippen LogP contribution in [0.25, 0.3) is 0 Å². The third-order valence-corrected chi connectivity index (χ3v) is 6.86. The minimum atomic E-state index is -0.215. The van der Waals surface area contributed by atoms with Gasteiger partial charge in [-0.3, -0.25) is 14.4 Å². The van der Waals surface area contributed by atoms with Crippen LogP contribution in [0.4, 0.5) is 0 Å².